The van der Waals surface area contributed by atoms with Crippen LogP contribution in [0.2, 0.25) is 0 Å². The standard InChI is InChI=1S/C16H24N6O2/c1-13-11-15(21-9-7-20(8-10-21)14(2)24)18-16(17-13)22-5-3-19(12-23)4-6-22/h11-12H,3-10H2,1-2H3. The van der Waals surface area contributed by atoms with Crippen LogP contribution in [0.25, 0.3) is 0 Å². The molecule has 0 bridgehead atoms. The maximum absolute atomic E-state index is 11.5. The third-order valence-electron chi connectivity index (χ3n) is 4.62. The number of aryl methyl sites for hydroxylation is 1. The van der Waals surface area contributed by atoms with Crippen molar-refractivity contribution in [1.29, 1.82) is 0 Å². The number of hydrogen-bond donors (Lipinski definition) is 0. The lowest BCUT2D eigenvalue weighted by Gasteiger charge is -2.36. The van der Waals surface area contributed by atoms with Crippen LogP contribution in [-0.2, 0) is 9.59 Å². The smallest absolute Gasteiger partial charge is 0.227 e. The van der Waals surface area contributed by atoms with Gasteiger partial charge in [0, 0.05) is 71.0 Å². The molecule has 1 aromatic heterocycles. The van der Waals surface area contributed by atoms with E-state index < -0.39 is 0 Å². The fourth-order valence-corrected chi connectivity index (χ4v) is 3.12. The second-order valence-electron chi connectivity index (χ2n) is 6.29. The van der Waals surface area contributed by atoms with Gasteiger partial charge in [0.25, 0.3) is 0 Å². The van der Waals surface area contributed by atoms with Gasteiger partial charge in [-0.3, -0.25) is 9.59 Å². The van der Waals surface area contributed by atoms with E-state index in [2.05, 4.69) is 14.8 Å². The summed E-state index contributed by atoms with van der Waals surface area (Å²) in [5.41, 5.74) is 0.932. The zero-order valence-electron chi connectivity index (χ0n) is 14.3. The lowest BCUT2D eigenvalue weighted by molar-refractivity contribution is -0.129. The highest BCUT2D eigenvalue weighted by molar-refractivity contribution is 5.73. The molecule has 24 heavy (non-hydrogen) atoms. The highest BCUT2D eigenvalue weighted by Crippen LogP contribution is 2.20. The molecular weight excluding hydrogens is 308 g/mol. The van der Waals surface area contributed by atoms with Gasteiger partial charge in [0.15, 0.2) is 0 Å². The maximum Gasteiger partial charge on any atom is 0.227 e. The van der Waals surface area contributed by atoms with E-state index in [1.165, 1.54) is 0 Å². The van der Waals surface area contributed by atoms with Crippen molar-refractivity contribution in [2.45, 2.75) is 13.8 Å². The van der Waals surface area contributed by atoms with E-state index in [0.717, 1.165) is 63.1 Å². The zero-order valence-corrected chi connectivity index (χ0v) is 14.3. The van der Waals surface area contributed by atoms with Crippen LogP contribution >= 0.6 is 0 Å². The van der Waals surface area contributed by atoms with E-state index in [9.17, 15) is 9.59 Å². The quantitative estimate of drug-likeness (QED) is 0.710. The molecule has 0 aromatic carbocycles. The Balaban J connectivity index is 1.70. The number of nitrogens with zero attached hydrogens (tertiary/aromatic N) is 6. The van der Waals surface area contributed by atoms with Gasteiger partial charge in [0.2, 0.25) is 18.3 Å². The number of carbonyl (C=O) groups is 2. The Labute approximate surface area is 142 Å². The van der Waals surface area contributed by atoms with E-state index in [1.807, 2.05) is 17.9 Å². The van der Waals surface area contributed by atoms with E-state index >= 15 is 0 Å². The number of amides is 2. The number of rotatable bonds is 3. The fourth-order valence-electron chi connectivity index (χ4n) is 3.12. The predicted octanol–water partition coefficient (Wildman–Crippen LogP) is -0.268. The summed E-state index contributed by atoms with van der Waals surface area (Å²) in [5, 5.41) is 0. The summed E-state index contributed by atoms with van der Waals surface area (Å²) >= 11 is 0. The first-order valence-electron chi connectivity index (χ1n) is 8.37. The summed E-state index contributed by atoms with van der Waals surface area (Å²) in [6.07, 6.45) is 0.897. The zero-order chi connectivity index (χ0) is 17.1. The first kappa shape index (κ1) is 16.5. The largest absolute Gasteiger partial charge is 0.353 e. The van der Waals surface area contributed by atoms with Crippen molar-refractivity contribution < 1.29 is 9.59 Å². The highest BCUT2D eigenvalue weighted by Gasteiger charge is 2.22. The third-order valence-corrected chi connectivity index (χ3v) is 4.62. The highest BCUT2D eigenvalue weighted by atomic mass is 16.2. The van der Waals surface area contributed by atoms with Gasteiger partial charge in [-0.15, -0.1) is 0 Å². The van der Waals surface area contributed by atoms with Gasteiger partial charge in [0.1, 0.15) is 5.82 Å². The van der Waals surface area contributed by atoms with Crippen molar-refractivity contribution in [3.63, 3.8) is 0 Å². The lowest BCUT2D eigenvalue weighted by atomic mass is 10.3. The molecule has 8 nitrogen and oxygen atoms in total. The molecule has 0 spiro atoms. The summed E-state index contributed by atoms with van der Waals surface area (Å²) < 4.78 is 0. The van der Waals surface area contributed by atoms with Crippen molar-refractivity contribution in [3.8, 4) is 0 Å². The molecule has 2 fully saturated rings. The van der Waals surface area contributed by atoms with Crippen molar-refractivity contribution in [2.24, 2.45) is 0 Å². The summed E-state index contributed by atoms with van der Waals surface area (Å²) in [6, 6.07) is 1.99. The van der Waals surface area contributed by atoms with E-state index in [0.29, 0.717) is 13.1 Å². The van der Waals surface area contributed by atoms with Crippen molar-refractivity contribution in [2.75, 3.05) is 62.2 Å². The molecule has 0 saturated carbocycles. The molecule has 1 aromatic rings. The van der Waals surface area contributed by atoms with Gasteiger partial charge in [-0.1, -0.05) is 0 Å². The van der Waals surface area contributed by atoms with Crippen LogP contribution in [0.4, 0.5) is 11.8 Å². The van der Waals surface area contributed by atoms with Gasteiger partial charge < -0.3 is 19.6 Å². The topological polar surface area (TPSA) is 72.9 Å². The molecule has 0 aliphatic carbocycles. The Morgan fingerprint density at radius 2 is 1.62 bits per heavy atom. The first-order chi connectivity index (χ1) is 11.6. The van der Waals surface area contributed by atoms with Gasteiger partial charge in [-0.25, -0.2) is 4.98 Å². The van der Waals surface area contributed by atoms with Crippen LogP contribution in [0.3, 0.4) is 0 Å². The molecule has 2 aliphatic rings. The molecular formula is C16H24N6O2. The van der Waals surface area contributed by atoms with Gasteiger partial charge in [-0.2, -0.15) is 4.98 Å². The van der Waals surface area contributed by atoms with Gasteiger partial charge >= 0.3 is 0 Å². The molecule has 3 heterocycles. The molecule has 2 amide bonds. The van der Waals surface area contributed by atoms with Crippen LogP contribution in [0.15, 0.2) is 6.07 Å². The van der Waals surface area contributed by atoms with Crippen LogP contribution in [0, 0.1) is 6.92 Å². The minimum Gasteiger partial charge on any atom is -0.353 e. The molecule has 0 unspecified atom stereocenters. The second kappa shape index (κ2) is 7.02. The van der Waals surface area contributed by atoms with Crippen LogP contribution in [-0.4, -0.2) is 84.4 Å². The Bertz CT molecular complexity index is 607. The number of aromatic nitrogens is 2. The summed E-state index contributed by atoms with van der Waals surface area (Å²) in [7, 11) is 0. The Kier molecular flexibility index (Phi) is 4.82. The molecule has 0 atom stereocenters. The molecule has 2 aliphatic heterocycles. The molecule has 8 heteroatoms. The Morgan fingerprint density at radius 3 is 2.21 bits per heavy atom. The Hall–Kier alpha value is -2.38. The molecule has 130 valence electrons. The minimum atomic E-state index is 0.127. The summed E-state index contributed by atoms with van der Waals surface area (Å²) in [6.45, 7) is 9.52. The van der Waals surface area contributed by atoms with Crippen molar-refractivity contribution >= 4 is 24.1 Å². The third kappa shape index (κ3) is 3.58. The van der Waals surface area contributed by atoms with E-state index in [1.54, 1.807) is 11.8 Å². The fraction of sp³-hybridized carbons (Fsp3) is 0.625. The monoisotopic (exact) mass is 332 g/mol. The number of hydrogen-bond acceptors (Lipinski definition) is 6. The van der Waals surface area contributed by atoms with Crippen LogP contribution < -0.4 is 9.80 Å². The average Bonchev–Trinajstić information content (AvgIpc) is 2.61. The molecule has 0 radical (unpaired) electrons. The number of piperazine rings is 2. The number of anilines is 2. The lowest BCUT2D eigenvalue weighted by Crippen LogP contribution is -2.49. The second-order valence-corrected chi connectivity index (χ2v) is 6.29. The van der Waals surface area contributed by atoms with Crippen molar-refractivity contribution in [1.82, 2.24) is 19.8 Å². The number of carbonyl (C=O) groups excluding carboxylic acids is 2. The van der Waals surface area contributed by atoms with Gasteiger partial charge in [-0.05, 0) is 6.92 Å². The SMILES string of the molecule is CC(=O)N1CCN(c2cc(C)nc(N3CCN(C=O)CC3)n2)CC1. The van der Waals surface area contributed by atoms with Crippen molar-refractivity contribution in [3.05, 3.63) is 11.8 Å². The van der Waals surface area contributed by atoms with Crippen LogP contribution in [0.1, 0.15) is 12.6 Å². The summed E-state index contributed by atoms with van der Waals surface area (Å²) in [4.78, 5) is 39.6. The Morgan fingerprint density at radius 1 is 1.00 bits per heavy atom. The normalized spacial score (nSPS) is 18.8. The van der Waals surface area contributed by atoms with E-state index in [4.69, 9.17) is 4.98 Å². The summed E-state index contributed by atoms with van der Waals surface area (Å²) in [5.74, 6) is 1.77. The maximum atomic E-state index is 11.5. The van der Waals surface area contributed by atoms with E-state index in [-0.39, 0.29) is 5.91 Å². The minimum absolute atomic E-state index is 0.127. The average molecular weight is 332 g/mol. The molecule has 0 N–H and O–H groups in total. The molecule has 3 rings (SSSR count). The first-order valence-corrected chi connectivity index (χ1v) is 8.37. The molecule has 2 saturated heterocycles. The van der Waals surface area contributed by atoms with Crippen LogP contribution in [0.5, 0.6) is 0 Å². The predicted molar refractivity (Wildman–Crippen MR) is 91.1 cm³/mol. The van der Waals surface area contributed by atoms with Gasteiger partial charge in [0.05, 0.1) is 0 Å².